The highest BCUT2D eigenvalue weighted by atomic mass is 19.1. The third-order valence-electron chi connectivity index (χ3n) is 7.03. The Morgan fingerprint density at radius 3 is 2.44 bits per heavy atom. The Balaban J connectivity index is 1.59. The molecule has 1 saturated heterocycles. The van der Waals surface area contributed by atoms with Crippen molar-refractivity contribution >= 4 is 11.7 Å². The zero-order valence-electron chi connectivity index (χ0n) is 18.3. The smallest absolute Gasteiger partial charge is 0.236 e. The summed E-state index contributed by atoms with van der Waals surface area (Å²) in [5.41, 5.74) is 4.20. The van der Waals surface area contributed by atoms with Gasteiger partial charge in [-0.25, -0.2) is 4.39 Å². The van der Waals surface area contributed by atoms with E-state index in [0.717, 1.165) is 16.7 Å². The molecule has 5 rings (SSSR count). The summed E-state index contributed by atoms with van der Waals surface area (Å²) in [6, 6.07) is 17.8. The van der Waals surface area contributed by atoms with Gasteiger partial charge >= 0.3 is 0 Å². The summed E-state index contributed by atoms with van der Waals surface area (Å²) >= 11 is 0. The standard InChI is InChI=1S/C27H26FN3O/c1-27(22-5-3-4-20(12-22)21-13-23(28)16-30-15-21)14-24(29)31(2)26(32)25(27)19-10-8-18(9-11-19)17-6-7-17/h3-5,8-13,15-17,25,29H,6-7,14H2,1-2H3/t25-,27+/m0/s1. The van der Waals surface area contributed by atoms with Crippen LogP contribution in [0.2, 0.25) is 0 Å². The first kappa shape index (κ1) is 20.6. The molecule has 0 bridgehead atoms. The van der Waals surface area contributed by atoms with Gasteiger partial charge in [0.25, 0.3) is 0 Å². The van der Waals surface area contributed by atoms with Crippen LogP contribution < -0.4 is 0 Å². The Morgan fingerprint density at radius 2 is 1.75 bits per heavy atom. The fourth-order valence-corrected chi connectivity index (χ4v) is 4.95. The Morgan fingerprint density at radius 1 is 1.03 bits per heavy atom. The van der Waals surface area contributed by atoms with Crippen LogP contribution in [0.5, 0.6) is 0 Å². The number of amides is 1. The molecule has 2 aliphatic rings. The minimum atomic E-state index is -0.599. The van der Waals surface area contributed by atoms with Gasteiger partial charge in [-0.15, -0.1) is 0 Å². The fraction of sp³-hybridized carbons (Fsp3) is 0.296. The van der Waals surface area contributed by atoms with Gasteiger partial charge in [-0.1, -0.05) is 55.5 Å². The van der Waals surface area contributed by atoms with Crippen LogP contribution in [0.25, 0.3) is 11.1 Å². The van der Waals surface area contributed by atoms with Gasteiger partial charge in [0.05, 0.1) is 12.1 Å². The van der Waals surface area contributed by atoms with E-state index in [4.69, 9.17) is 5.41 Å². The highest BCUT2D eigenvalue weighted by molar-refractivity contribution is 6.04. The maximum absolute atomic E-state index is 13.8. The van der Waals surface area contributed by atoms with Crippen LogP contribution in [0.1, 0.15) is 54.7 Å². The summed E-state index contributed by atoms with van der Waals surface area (Å²) < 4.78 is 13.8. The van der Waals surface area contributed by atoms with Gasteiger partial charge in [0.1, 0.15) is 11.7 Å². The first-order valence-corrected chi connectivity index (χ1v) is 11.0. The Kier molecular flexibility index (Phi) is 4.92. The lowest BCUT2D eigenvalue weighted by Gasteiger charge is -2.45. The lowest BCUT2D eigenvalue weighted by Crippen LogP contribution is -2.52. The summed E-state index contributed by atoms with van der Waals surface area (Å²) in [4.78, 5) is 18.9. The molecular weight excluding hydrogens is 401 g/mol. The molecule has 0 radical (unpaired) electrons. The number of hydrogen-bond acceptors (Lipinski definition) is 3. The quantitative estimate of drug-likeness (QED) is 0.585. The number of piperidine rings is 1. The van der Waals surface area contributed by atoms with Gasteiger partial charge in [-0.2, -0.15) is 0 Å². The Labute approximate surface area is 187 Å². The van der Waals surface area contributed by atoms with Crippen molar-refractivity contribution in [2.45, 2.75) is 43.4 Å². The molecule has 1 aromatic heterocycles. The molecule has 162 valence electrons. The third-order valence-corrected chi connectivity index (χ3v) is 7.03. The number of amidine groups is 1. The maximum atomic E-state index is 13.8. The number of rotatable bonds is 4. The number of likely N-dealkylation sites (tertiary alicyclic amines) is 1. The van der Waals surface area contributed by atoms with E-state index in [0.29, 0.717) is 23.7 Å². The summed E-state index contributed by atoms with van der Waals surface area (Å²) in [5.74, 6) is 0.103. The zero-order valence-corrected chi connectivity index (χ0v) is 18.3. The SMILES string of the molecule is CN1C(=N)C[C@](C)(c2cccc(-c3cncc(F)c3)c2)[C@@H](c2ccc(C3CC3)cc2)C1=O. The van der Waals surface area contributed by atoms with Crippen molar-refractivity contribution in [1.82, 2.24) is 9.88 Å². The van der Waals surface area contributed by atoms with E-state index < -0.39 is 11.3 Å². The molecule has 5 heteroatoms. The van der Waals surface area contributed by atoms with Crippen molar-refractivity contribution in [1.29, 1.82) is 5.41 Å². The second kappa shape index (κ2) is 7.66. The van der Waals surface area contributed by atoms with E-state index in [1.165, 1.54) is 35.6 Å². The maximum Gasteiger partial charge on any atom is 0.236 e. The molecule has 1 saturated carbocycles. The average Bonchev–Trinajstić information content (AvgIpc) is 3.64. The molecule has 2 aromatic carbocycles. The molecular formula is C27H26FN3O. The summed E-state index contributed by atoms with van der Waals surface area (Å²) in [5, 5.41) is 8.47. The lowest BCUT2D eigenvalue weighted by atomic mass is 9.64. The third kappa shape index (κ3) is 3.52. The first-order chi connectivity index (χ1) is 15.4. The van der Waals surface area contributed by atoms with Gasteiger partial charge in [0, 0.05) is 30.6 Å². The number of carbonyl (C=O) groups excluding carboxylic acids is 1. The lowest BCUT2D eigenvalue weighted by molar-refractivity contribution is -0.131. The number of pyridine rings is 1. The van der Waals surface area contributed by atoms with Crippen LogP contribution in [-0.4, -0.2) is 28.7 Å². The van der Waals surface area contributed by atoms with E-state index in [-0.39, 0.29) is 11.7 Å². The molecule has 4 nitrogen and oxygen atoms in total. The Hall–Kier alpha value is -3.34. The van der Waals surface area contributed by atoms with Crippen LogP contribution in [0.4, 0.5) is 4.39 Å². The molecule has 0 unspecified atom stereocenters. The van der Waals surface area contributed by atoms with E-state index in [2.05, 4.69) is 36.2 Å². The normalized spacial score (nSPS) is 23.5. The van der Waals surface area contributed by atoms with Crippen LogP contribution in [0.15, 0.2) is 67.0 Å². The number of nitrogens with one attached hydrogen (secondary N) is 1. The topological polar surface area (TPSA) is 57.1 Å². The van der Waals surface area contributed by atoms with Gasteiger partial charge in [-0.05, 0) is 47.1 Å². The molecule has 1 amide bonds. The molecule has 32 heavy (non-hydrogen) atoms. The van der Waals surface area contributed by atoms with Crippen molar-refractivity contribution < 1.29 is 9.18 Å². The second-order valence-corrected chi connectivity index (χ2v) is 9.28. The summed E-state index contributed by atoms with van der Waals surface area (Å²) in [7, 11) is 1.69. The number of likely N-dealkylation sites (N-methyl/N-ethyl adjacent to an activating group) is 1. The summed E-state index contributed by atoms with van der Waals surface area (Å²) in [6.07, 6.45) is 5.74. The molecule has 2 atom stereocenters. The number of nitrogens with zero attached hydrogens (tertiary/aromatic N) is 2. The predicted octanol–water partition coefficient (Wildman–Crippen LogP) is 5.65. The molecule has 2 fully saturated rings. The monoisotopic (exact) mass is 427 g/mol. The number of aromatic nitrogens is 1. The summed E-state index contributed by atoms with van der Waals surface area (Å²) in [6.45, 7) is 2.06. The number of carbonyl (C=O) groups is 1. The van der Waals surface area contributed by atoms with Crippen molar-refractivity contribution in [2.75, 3.05) is 7.05 Å². The van der Waals surface area contributed by atoms with Crippen LogP contribution >= 0.6 is 0 Å². The van der Waals surface area contributed by atoms with E-state index in [1.807, 2.05) is 24.3 Å². The van der Waals surface area contributed by atoms with Crippen molar-refractivity contribution in [3.63, 3.8) is 0 Å². The van der Waals surface area contributed by atoms with E-state index >= 15 is 0 Å². The van der Waals surface area contributed by atoms with E-state index in [1.54, 1.807) is 13.2 Å². The number of halogens is 1. The van der Waals surface area contributed by atoms with Gasteiger partial charge in [-0.3, -0.25) is 15.2 Å². The average molecular weight is 428 g/mol. The van der Waals surface area contributed by atoms with Crippen LogP contribution in [0.3, 0.4) is 0 Å². The van der Waals surface area contributed by atoms with Crippen molar-refractivity contribution in [2.24, 2.45) is 0 Å². The van der Waals surface area contributed by atoms with Crippen molar-refractivity contribution in [3.05, 3.63) is 89.5 Å². The minimum absolute atomic E-state index is 0.0688. The molecule has 2 heterocycles. The minimum Gasteiger partial charge on any atom is -0.303 e. The number of benzene rings is 2. The second-order valence-electron chi connectivity index (χ2n) is 9.28. The van der Waals surface area contributed by atoms with Crippen molar-refractivity contribution in [3.8, 4) is 11.1 Å². The highest BCUT2D eigenvalue weighted by Crippen LogP contribution is 2.47. The molecule has 1 aliphatic carbocycles. The molecule has 1 N–H and O–H groups in total. The highest BCUT2D eigenvalue weighted by Gasteiger charge is 2.48. The van der Waals surface area contributed by atoms with Crippen LogP contribution in [0, 0.1) is 11.2 Å². The number of hydrogen-bond donors (Lipinski definition) is 1. The van der Waals surface area contributed by atoms with Gasteiger partial charge < -0.3 is 4.90 Å². The predicted molar refractivity (Wildman–Crippen MR) is 123 cm³/mol. The Bertz CT molecular complexity index is 1200. The zero-order chi connectivity index (χ0) is 22.5. The van der Waals surface area contributed by atoms with E-state index in [9.17, 15) is 9.18 Å². The fourth-order valence-electron chi connectivity index (χ4n) is 4.95. The molecule has 0 spiro atoms. The first-order valence-electron chi connectivity index (χ1n) is 11.0. The van der Waals surface area contributed by atoms with Gasteiger partial charge in [0.15, 0.2) is 0 Å². The molecule has 3 aromatic rings. The molecule has 1 aliphatic heterocycles. The largest absolute Gasteiger partial charge is 0.303 e. The van der Waals surface area contributed by atoms with Crippen LogP contribution in [-0.2, 0) is 10.2 Å². The van der Waals surface area contributed by atoms with Gasteiger partial charge in [0.2, 0.25) is 5.91 Å².